The number of aromatic amines is 2. The molecule has 4 saturated heterocycles. The van der Waals surface area contributed by atoms with Gasteiger partial charge in [-0.15, -0.1) is 0 Å². The van der Waals surface area contributed by atoms with Crippen molar-refractivity contribution in [3.8, 4) is 0 Å². The van der Waals surface area contributed by atoms with Crippen LogP contribution in [0.1, 0.15) is 111 Å². The molecule has 0 aromatic carbocycles. The summed E-state index contributed by atoms with van der Waals surface area (Å²) in [5.74, 6) is 0.802. The third kappa shape index (κ3) is 14.8. The highest BCUT2D eigenvalue weighted by molar-refractivity contribution is 5.96. The Labute approximate surface area is 377 Å². The number of rotatable bonds is 24. The lowest BCUT2D eigenvalue weighted by molar-refractivity contribution is -0.137. The summed E-state index contributed by atoms with van der Waals surface area (Å²) in [4.78, 5) is 71.9. The van der Waals surface area contributed by atoms with Gasteiger partial charge in [-0.25, -0.2) is 0 Å². The smallest absolute Gasteiger partial charge is 0.226 e. The van der Waals surface area contributed by atoms with Crippen molar-refractivity contribution in [1.82, 2.24) is 50.0 Å². The Balaban J connectivity index is 0.774. The summed E-state index contributed by atoms with van der Waals surface area (Å²) in [6, 6.07) is 7.81. The van der Waals surface area contributed by atoms with E-state index >= 15 is 0 Å². The van der Waals surface area contributed by atoms with Crippen molar-refractivity contribution in [2.75, 3.05) is 118 Å². The third-order valence-electron chi connectivity index (χ3n) is 14.0. The number of nitrogens with zero attached hydrogens (tertiary/aromatic N) is 6. The molecule has 0 aliphatic carbocycles. The van der Waals surface area contributed by atoms with Gasteiger partial charge in [-0.2, -0.15) is 0 Å². The van der Waals surface area contributed by atoms with Crippen LogP contribution in [0.15, 0.2) is 24.3 Å². The number of piperidine rings is 4. The van der Waals surface area contributed by atoms with Gasteiger partial charge in [0.2, 0.25) is 11.8 Å². The van der Waals surface area contributed by atoms with E-state index in [1.807, 2.05) is 61.8 Å². The van der Waals surface area contributed by atoms with Gasteiger partial charge >= 0.3 is 0 Å². The van der Waals surface area contributed by atoms with E-state index in [1.165, 1.54) is 0 Å². The summed E-state index contributed by atoms with van der Waals surface area (Å²) in [6.07, 6.45) is 8.75. The van der Waals surface area contributed by atoms with Gasteiger partial charge in [0.05, 0.1) is 48.5 Å². The minimum atomic E-state index is 0.0580. The zero-order valence-corrected chi connectivity index (χ0v) is 39.1. The van der Waals surface area contributed by atoms with E-state index in [9.17, 15) is 19.2 Å². The van der Waals surface area contributed by atoms with Crippen LogP contribution in [-0.4, -0.2) is 193 Å². The fraction of sp³-hybridized carbons (Fsp3) is 0.750. The molecule has 2 aromatic heterocycles. The highest BCUT2D eigenvalue weighted by Crippen LogP contribution is 2.24. The second-order valence-electron chi connectivity index (χ2n) is 18.4. The van der Waals surface area contributed by atoms with Crippen LogP contribution in [0.3, 0.4) is 0 Å². The van der Waals surface area contributed by atoms with Crippen molar-refractivity contribution in [2.45, 2.75) is 104 Å². The topological polar surface area (TPSA) is 153 Å². The third-order valence-corrected chi connectivity index (χ3v) is 14.0. The molecule has 4 fully saturated rings. The van der Waals surface area contributed by atoms with Crippen molar-refractivity contribution in [3.05, 3.63) is 47.0 Å². The molecule has 0 radical (unpaired) electrons. The van der Waals surface area contributed by atoms with E-state index in [0.29, 0.717) is 36.7 Å². The number of H-pyrrole nitrogens is 2. The van der Waals surface area contributed by atoms with Gasteiger partial charge in [-0.05, 0) is 116 Å². The molecule has 15 heteroatoms. The normalized spacial score (nSPS) is 21.5. The quantitative estimate of drug-likeness (QED) is 0.0904. The molecule has 0 unspecified atom stereocenters. The molecule has 4 N–H and O–H groups in total. The number of Topliss-reactive ketones (excluding diaryl/α,β-unsaturated/α-hetero) is 2. The lowest BCUT2D eigenvalue weighted by Gasteiger charge is -2.37. The first-order valence-corrected chi connectivity index (χ1v) is 24.6. The first-order chi connectivity index (χ1) is 30.7. The van der Waals surface area contributed by atoms with Crippen molar-refractivity contribution < 1.29 is 23.9 Å². The number of amides is 2. The Bertz CT molecular complexity index is 1590. The predicted octanol–water partition coefficient (Wildman–Crippen LogP) is 3.69. The minimum Gasteiger partial charge on any atom is -0.375 e. The molecular weight excluding hydrogens is 797 g/mol. The summed E-state index contributed by atoms with van der Waals surface area (Å²) in [7, 11) is 0. The molecule has 4 aliphatic heterocycles. The van der Waals surface area contributed by atoms with Crippen LogP contribution in [0.4, 0.5) is 0 Å². The van der Waals surface area contributed by atoms with E-state index in [2.05, 4.69) is 40.2 Å². The lowest BCUT2D eigenvalue weighted by atomic mass is 9.96. The number of carbonyl (C=O) groups is 4. The second kappa shape index (κ2) is 25.3. The molecule has 4 aliphatic rings. The molecule has 0 bridgehead atoms. The van der Waals surface area contributed by atoms with E-state index in [-0.39, 0.29) is 35.2 Å². The maximum Gasteiger partial charge on any atom is 0.226 e. The largest absolute Gasteiger partial charge is 0.375 e. The first-order valence-electron chi connectivity index (χ1n) is 24.6. The van der Waals surface area contributed by atoms with Crippen LogP contribution < -0.4 is 10.6 Å². The number of likely N-dealkylation sites (tertiary alicyclic amines) is 4. The average Bonchev–Trinajstić information content (AvgIpc) is 3.99. The van der Waals surface area contributed by atoms with Crippen LogP contribution >= 0.6 is 0 Å². The number of hydrogen-bond acceptors (Lipinski definition) is 11. The van der Waals surface area contributed by atoms with Crippen molar-refractivity contribution in [3.63, 3.8) is 0 Å². The molecule has 0 spiro atoms. The number of ketones is 2. The molecule has 2 amide bonds. The molecule has 63 heavy (non-hydrogen) atoms. The van der Waals surface area contributed by atoms with Gasteiger partial charge in [-0.3, -0.25) is 29.0 Å². The molecule has 0 saturated carbocycles. The standard InChI is InChI=1S/C48H80N10O5/c1-5-57(6-2)47(61)37-11-9-23-55(33-37)35-39-13-15-43(51-39)45(59)31-49-21-29-53-25-17-41(18-26-53)63-42-19-27-54(28-20-42)30-22-50-32-46(60)44-16-14-40(52-44)36-56-24-10-12-38(34-56)48(62)58(7-3)8-4/h13-16,37-38,41-42,49-52H,5-12,17-36H2,1-4H3/t37-,38-/m1/s1. The average molecular weight is 877 g/mol. The molecule has 6 heterocycles. The molecule has 2 aromatic rings. The van der Waals surface area contributed by atoms with Gasteiger partial charge < -0.3 is 44.9 Å². The molecule has 6 rings (SSSR count). The number of ether oxygens (including phenoxy) is 1. The summed E-state index contributed by atoms with van der Waals surface area (Å²) in [5, 5.41) is 6.73. The highest BCUT2D eigenvalue weighted by Gasteiger charge is 2.31. The van der Waals surface area contributed by atoms with Crippen molar-refractivity contribution in [1.29, 1.82) is 0 Å². The number of carbonyl (C=O) groups excluding carboxylic acids is 4. The maximum absolute atomic E-state index is 13.0. The monoisotopic (exact) mass is 877 g/mol. The molecule has 2 atom stereocenters. The highest BCUT2D eigenvalue weighted by atomic mass is 16.5. The van der Waals surface area contributed by atoms with E-state index in [1.54, 1.807) is 0 Å². The Morgan fingerprint density at radius 3 is 1.35 bits per heavy atom. The zero-order valence-electron chi connectivity index (χ0n) is 39.1. The van der Waals surface area contributed by atoms with Gasteiger partial charge in [0, 0.05) is 116 Å². The predicted molar refractivity (Wildman–Crippen MR) is 248 cm³/mol. The van der Waals surface area contributed by atoms with Gasteiger partial charge in [0.15, 0.2) is 11.6 Å². The summed E-state index contributed by atoms with van der Waals surface area (Å²) >= 11 is 0. The molecule has 15 nitrogen and oxygen atoms in total. The van der Waals surface area contributed by atoms with Crippen LogP contribution in [0.25, 0.3) is 0 Å². The van der Waals surface area contributed by atoms with Crippen LogP contribution in [0, 0.1) is 11.8 Å². The van der Waals surface area contributed by atoms with Crippen LogP contribution in [0.5, 0.6) is 0 Å². The Morgan fingerprint density at radius 1 is 0.571 bits per heavy atom. The van der Waals surface area contributed by atoms with Crippen molar-refractivity contribution in [2.24, 2.45) is 11.8 Å². The van der Waals surface area contributed by atoms with Crippen LogP contribution in [-0.2, 0) is 27.4 Å². The Morgan fingerprint density at radius 2 is 0.968 bits per heavy atom. The number of aromatic nitrogens is 2. The Kier molecular flexibility index (Phi) is 19.7. The van der Waals surface area contributed by atoms with Crippen molar-refractivity contribution >= 4 is 23.4 Å². The summed E-state index contributed by atoms with van der Waals surface area (Å²) in [6.45, 7) is 24.2. The number of hydrogen-bond donors (Lipinski definition) is 4. The van der Waals surface area contributed by atoms with Crippen LogP contribution in [0.2, 0.25) is 0 Å². The fourth-order valence-electron chi connectivity index (χ4n) is 10.1. The molecular formula is C48H80N10O5. The Hall–Kier alpha value is -3.44. The number of nitrogens with one attached hydrogen (secondary N) is 4. The summed E-state index contributed by atoms with van der Waals surface area (Å²) < 4.78 is 6.59. The summed E-state index contributed by atoms with van der Waals surface area (Å²) in [5.41, 5.74) is 3.33. The van der Waals surface area contributed by atoms with E-state index in [0.717, 1.165) is 181 Å². The van der Waals surface area contributed by atoms with E-state index in [4.69, 9.17) is 4.74 Å². The first kappa shape index (κ1) is 49.0. The second-order valence-corrected chi connectivity index (χ2v) is 18.4. The molecule has 352 valence electrons. The lowest BCUT2D eigenvalue weighted by Crippen LogP contribution is -2.44. The SMILES string of the molecule is CCN(CC)C(=O)[C@@H]1CCCN(Cc2ccc(C(=O)CNCCN3CCC(OC4CCN(CCNCC(=O)c5ccc(CN6CCC[C@@H](C(=O)N(CC)CC)C6)[nH]5)CC4)CC3)[nH]2)C1. The maximum atomic E-state index is 13.0. The zero-order chi connectivity index (χ0) is 44.6. The van der Waals surface area contributed by atoms with E-state index < -0.39 is 0 Å². The van der Waals surface area contributed by atoms with Gasteiger partial charge in [0.1, 0.15) is 0 Å². The van der Waals surface area contributed by atoms with Gasteiger partial charge in [-0.1, -0.05) is 0 Å². The van der Waals surface area contributed by atoms with Gasteiger partial charge in [0.25, 0.3) is 0 Å². The minimum absolute atomic E-state index is 0.0580. The fourth-order valence-corrected chi connectivity index (χ4v) is 10.1.